The summed E-state index contributed by atoms with van der Waals surface area (Å²) in [5.41, 5.74) is 0.176. The van der Waals surface area contributed by atoms with Crippen LogP contribution in [0.25, 0.3) is 0 Å². The van der Waals surface area contributed by atoms with E-state index in [1.54, 1.807) is 17.0 Å². The number of nitrogens with one attached hydrogen (secondary N) is 2. The Kier molecular flexibility index (Phi) is 5.06. The van der Waals surface area contributed by atoms with E-state index in [9.17, 15) is 23.9 Å². The van der Waals surface area contributed by atoms with Crippen molar-refractivity contribution in [3.05, 3.63) is 62.8 Å². The van der Waals surface area contributed by atoms with Gasteiger partial charge in [0.15, 0.2) is 5.75 Å². The summed E-state index contributed by atoms with van der Waals surface area (Å²) in [6, 6.07) is 5.78. The van der Waals surface area contributed by atoms with Crippen LogP contribution in [0, 0.1) is 5.82 Å². The third-order valence-corrected chi connectivity index (χ3v) is 5.33. The molecule has 152 valence electrons. The molecule has 9 heteroatoms. The zero-order valence-electron chi connectivity index (χ0n) is 15.7. The van der Waals surface area contributed by atoms with Crippen molar-refractivity contribution in [2.24, 2.45) is 0 Å². The van der Waals surface area contributed by atoms with Crippen molar-refractivity contribution in [1.29, 1.82) is 0 Å². The van der Waals surface area contributed by atoms with Crippen molar-refractivity contribution < 1.29 is 19.1 Å². The minimum atomic E-state index is -0.862. The van der Waals surface area contributed by atoms with Crippen LogP contribution in [0.15, 0.2) is 29.1 Å². The molecule has 1 saturated heterocycles. The van der Waals surface area contributed by atoms with Crippen LogP contribution >= 0.6 is 0 Å². The standard InChI is InChI=1S/C20H21FN4O4/c21-13-3-1-12(2-4-13)11-25-8-5-14-15(19(25)28)17(26)18(27)23-16(14)20(29)24-9-6-22-7-10-24/h1-4,22,26H,5-11H2,(H,23,27). The normalized spacial score (nSPS) is 16.7. The minimum absolute atomic E-state index is 0.0690. The van der Waals surface area contributed by atoms with Crippen LogP contribution in [0.1, 0.15) is 32.0 Å². The maximum atomic E-state index is 13.1. The number of H-pyrrole nitrogens is 1. The number of aromatic amines is 1. The quantitative estimate of drug-likeness (QED) is 0.694. The number of aromatic nitrogens is 1. The van der Waals surface area contributed by atoms with Crippen molar-refractivity contribution in [3.63, 3.8) is 0 Å². The molecule has 29 heavy (non-hydrogen) atoms. The van der Waals surface area contributed by atoms with E-state index in [0.717, 1.165) is 5.56 Å². The average Bonchev–Trinajstić information content (AvgIpc) is 2.74. The number of rotatable bonds is 3. The Morgan fingerprint density at radius 2 is 1.79 bits per heavy atom. The van der Waals surface area contributed by atoms with Gasteiger partial charge in [-0.2, -0.15) is 0 Å². The maximum absolute atomic E-state index is 13.1. The fourth-order valence-electron chi connectivity index (χ4n) is 3.79. The van der Waals surface area contributed by atoms with E-state index >= 15 is 0 Å². The monoisotopic (exact) mass is 400 g/mol. The van der Waals surface area contributed by atoms with Gasteiger partial charge in [0.1, 0.15) is 11.5 Å². The van der Waals surface area contributed by atoms with Gasteiger partial charge in [0.25, 0.3) is 17.4 Å². The Morgan fingerprint density at radius 3 is 2.48 bits per heavy atom. The largest absolute Gasteiger partial charge is 0.502 e. The van der Waals surface area contributed by atoms with Crippen LogP contribution in [0.4, 0.5) is 4.39 Å². The number of piperazine rings is 1. The number of pyridine rings is 1. The molecule has 0 atom stereocenters. The zero-order valence-corrected chi connectivity index (χ0v) is 15.7. The van der Waals surface area contributed by atoms with Gasteiger partial charge in [-0.1, -0.05) is 12.1 Å². The molecule has 0 aliphatic carbocycles. The lowest BCUT2D eigenvalue weighted by Gasteiger charge is -2.32. The van der Waals surface area contributed by atoms with Crippen molar-refractivity contribution in [1.82, 2.24) is 20.1 Å². The van der Waals surface area contributed by atoms with Crippen LogP contribution in [-0.4, -0.2) is 64.4 Å². The molecule has 0 bridgehead atoms. The first-order chi connectivity index (χ1) is 14.0. The summed E-state index contributed by atoms with van der Waals surface area (Å²) >= 11 is 0. The number of hydrogen-bond acceptors (Lipinski definition) is 5. The molecular formula is C20H21FN4O4. The second-order valence-electron chi connectivity index (χ2n) is 7.18. The summed E-state index contributed by atoms with van der Waals surface area (Å²) in [6.07, 6.45) is 0.319. The topological polar surface area (TPSA) is 106 Å². The van der Waals surface area contributed by atoms with Crippen molar-refractivity contribution in [3.8, 4) is 5.75 Å². The van der Waals surface area contributed by atoms with Crippen LogP contribution in [0.2, 0.25) is 0 Å². The smallest absolute Gasteiger partial charge is 0.291 e. The lowest BCUT2D eigenvalue weighted by molar-refractivity contribution is 0.0711. The van der Waals surface area contributed by atoms with Crippen LogP contribution in [0.5, 0.6) is 5.75 Å². The van der Waals surface area contributed by atoms with E-state index in [4.69, 9.17) is 0 Å². The zero-order chi connectivity index (χ0) is 20.5. The second kappa shape index (κ2) is 7.67. The number of halogens is 1. The first-order valence-corrected chi connectivity index (χ1v) is 9.47. The number of hydrogen-bond donors (Lipinski definition) is 3. The van der Waals surface area contributed by atoms with Gasteiger partial charge >= 0.3 is 0 Å². The molecule has 8 nitrogen and oxygen atoms in total. The first-order valence-electron chi connectivity index (χ1n) is 9.47. The van der Waals surface area contributed by atoms with Gasteiger partial charge < -0.3 is 25.2 Å². The summed E-state index contributed by atoms with van der Waals surface area (Å²) < 4.78 is 13.1. The van der Waals surface area contributed by atoms with Gasteiger partial charge in [-0.3, -0.25) is 14.4 Å². The molecule has 2 amide bonds. The molecule has 0 radical (unpaired) electrons. The summed E-state index contributed by atoms with van der Waals surface area (Å²) in [4.78, 5) is 43.8. The van der Waals surface area contributed by atoms with E-state index < -0.39 is 17.2 Å². The number of benzene rings is 1. The van der Waals surface area contributed by atoms with E-state index in [0.29, 0.717) is 44.7 Å². The summed E-state index contributed by atoms with van der Waals surface area (Å²) in [6.45, 7) is 2.84. The highest BCUT2D eigenvalue weighted by atomic mass is 19.1. The maximum Gasteiger partial charge on any atom is 0.291 e. The van der Waals surface area contributed by atoms with Gasteiger partial charge in [-0.25, -0.2) is 4.39 Å². The average molecular weight is 400 g/mol. The molecule has 1 aromatic heterocycles. The van der Waals surface area contributed by atoms with E-state index in [1.807, 2.05) is 0 Å². The van der Waals surface area contributed by atoms with Gasteiger partial charge in [0, 0.05) is 39.3 Å². The Bertz CT molecular complexity index is 1010. The molecule has 1 aromatic carbocycles. The summed E-state index contributed by atoms with van der Waals surface area (Å²) in [5, 5.41) is 13.4. The number of aromatic hydroxyl groups is 1. The number of carbonyl (C=O) groups excluding carboxylic acids is 2. The number of carbonyl (C=O) groups is 2. The van der Waals surface area contributed by atoms with Gasteiger partial charge in [0.05, 0.1) is 5.56 Å². The van der Waals surface area contributed by atoms with E-state index in [2.05, 4.69) is 10.3 Å². The van der Waals surface area contributed by atoms with E-state index in [1.165, 1.54) is 17.0 Å². The molecule has 4 rings (SSSR count). The molecule has 2 aliphatic rings. The van der Waals surface area contributed by atoms with Gasteiger partial charge in [-0.05, 0) is 29.7 Å². The predicted octanol–water partition coefficient (Wildman–Crippen LogP) is 0.463. The second-order valence-corrected chi connectivity index (χ2v) is 7.18. The van der Waals surface area contributed by atoms with Crippen molar-refractivity contribution >= 4 is 11.8 Å². The highest BCUT2D eigenvalue weighted by Gasteiger charge is 2.34. The Labute approximate surface area is 165 Å². The molecule has 0 unspecified atom stereocenters. The lowest BCUT2D eigenvalue weighted by Crippen LogP contribution is -2.48. The number of amides is 2. The summed E-state index contributed by atoms with van der Waals surface area (Å²) in [5.74, 6) is -1.91. The molecule has 2 aromatic rings. The van der Waals surface area contributed by atoms with E-state index in [-0.39, 0.29) is 29.5 Å². The van der Waals surface area contributed by atoms with Crippen LogP contribution in [-0.2, 0) is 13.0 Å². The van der Waals surface area contributed by atoms with Gasteiger partial charge in [-0.15, -0.1) is 0 Å². The Hall–Kier alpha value is -3.20. The Morgan fingerprint density at radius 1 is 1.10 bits per heavy atom. The molecular weight excluding hydrogens is 379 g/mol. The number of fused-ring (bicyclic) bond motifs is 1. The van der Waals surface area contributed by atoms with Crippen LogP contribution in [0.3, 0.4) is 0 Å². The number of nitrogens with zero attached hydrogens (tertiary/aromatic N) is 2. The Balaban J connectivity index is 1.67. The highest BCUT2D eigenvalue weighted by Crippen LogP contribution is 2.28. The molecule has 0 saturated carbocycles. The lowest BCUT2D eigenvalue weighted by atomic mass is 9.95. The van der Waals surface area contributed by atoms with Crippen molar-refractivity contribution in [2.45, 2.75) is 13.0 Å². The third kappa shape index (κ3) is 3.61. The van der Waals surface area contributed by atoms with Crippen LogP contribution < -0.4 is 10.9 Å². The predicted molar refractivity (Wildman–Crippen MR) is 102 cm³/mol. The SMILES string of the molecule is O=C(c1[nH]c(=O)c(O)c2c1CCN(Cc1ccc(F)cc1)C2=O)N1CCNCC1. The fraction of sp³-hybridized carbons (Fsp3) is 0.350. The summed E-state index contributed by atoms with van der Waals surface area (Å²) in [7, 11) is 0. The third-order valence-electron chi connectivity index (χ3n) is 5.33. The molecule has 0 spiro atoms. The van der Waals surface area contributed by atoms with Crippen molar-refractivity contribution in [2.75, 3.05) is 32.7 Å². The minimum Gasteiger partial charge on any atom is -0.502 e. The fourth-order valence-corrected chi connectivity index (χ4v) is 3.79. The first kappa shape index (κ1) is 19.1. The molecule has 1 fully saturated rings. The highest BCUT2D eigenvalue weighted by molar-refractivity contribution is 6.03. The molecule has 3 N–H and O–H groups in total. The molecule has 3 heterocycles. The molecule has 2 aliphatic heterocycles. The van der Waals surface area contributed by atoms with Gasteiger partial charge in [0.2, 0.25) is 0 Å².